The molecule has 11 heteroatoms. The van der Waals surface area contributed by atoms with Crippen molar-refractivity contribution in [1.82, 2.24) is 10.2 Å². The molecular weight excluding hydrogens is 498 g/mol. The van der Waals surface area contributed by atoms with Crippen LogP contribution in [-0.2, 0) is 23.8 Å². The van der Waals surface area contributed by atoms with Crippen molar-refractivity contribution < 1.29 is 33.3 Å². The molecule has 0 saturated carbocycles. The van der Waals surface area contributed by atoms with Crippen LogP contribution in [0.2, 0.25) is 0 Å². The van der Waals surface area contributed by atoms with Crippen LogP contribution < -0.4 is 14.8 Å². The van der Waals surface area contributed by atoms with Crippen LogP contribution in [0.3, 0.4) is 0 Å². The van der Waals surface area contributed by atoms with Crippen molar-refractivity contribution in [3.05, 3.63) is 46.1 Å². The van der Waals surface area contributed by atoms with Crippen LogP contribution in [0.25, 0.3) is 0 Å². The summed E-state index contributed by atoms with van der Waals surface area (Å²) < 4.78 is 27.3. The number of benzene rings is 1. The van der Waals surface area contributed by atoms with Gasteiger partial charge < -0.3 is 33.9 Å². The highest BCUT2D eigenvalue weighted by Crippen LogP contribution is 2.47. The third-order valence-electron chi connectivity index (χ3n) is 6.37. The Morgan fingerprint density at radius 1 is 1.22 bits per heavy atom. The quantitative estimate of drug-likeness (QED) is 0.340. The first-order valence-corrected chi connectivity index (χ1v) is 13.1. The molecule has 0 bridgehead atoms. The van der Waals surface area contributed by atoms with E-state index < -0.39 is 12.0 Å². The number of methoxy groups -OCH3 is 3. The summed E-state index contributed by atoms with van der Waals surface area (Å²) >= 11 is 1.42. The maximum Gasteiger partial charge on any atom is 0.338 e. The summed E-state index contributed by atoms with van der Waals surface area (Å²) in [6.45, 7) is 3.38. The number of nitrogens with zero attached hydrogens (tertiary/aromatic N) is 2. The second kappa shape index (κ2) is 12.5. The number of thioether (sulfide) groups is 1. The molecule has 3 heterocycles. The second-order valence-corrected chi connectivity index (χ2v) is 9.58. The van der Waals surface area contributed by atoms with E-state index in [4.69, 9.17) is 28.7 Å². The summed E-state index contributed by atoms with van der Waals surface area (Å²) in [5.41, 5.74) is 2.37. The first-order chi connectivity index (χ1) is 18.0. The summed E-state index contributed by atoms with van der Waals surface area (Å²) in [5.74, 6) is 0.536. The summed E-state index contributed by atoms with van der Waals surface area (Å²) in [7, 11) is 4.69. The van der Waals surface area contributed by atoms with Gasteiger partial charge in [-0.15, -0.1) is 0 Å². The van der Waals surface area contributed by atoms with E-state index in [0.717, 1.165) is 30.7 Å². The van der Waals surface area contributed by atoms with Crippen molar-refractivity contribution in [3.63, 3.8) is 0 Å². The predicted molar refractivity (Wildman–Crippen MR) is 139 cm³/mol. The number of esters is 1. The second-order valence-electron chi connectivity index (χ2n) is 8.75. The Balaban J connectivity index is 1.65. The number of carbonyl (C=O) groups excluding carboxylic acids is 2. The molecule has 200 valence electrons. The summed E-state index contributed by atoms with van der Waals surface area (Å²) in [6, 6.07) is 4.83. The number of amides is 1. The summed E-state index contributed by atoms with van der Waals surface area (Å²) in [4.78, 5) is 32.8. The Labute approximate surface area is 221 Å². The first kappa shape index (κ1) is 27.0. The van der Waals surface area contributed by atoms with Gasteiger partial charge in [-0.2, -0.15) is 0 Å². The lowest BCUT2D eigenvalue weighted by Crippen LogP contribution is -2.39. The Hall–Kier alpha value is -3.02. The lowest BCUT2D eigenvalue weighted by Gasteiger charge is -2.36. The van der Waals surface area contributed by atoms with E-state index in [1.807, 2.05) is 22.4 Å². The number of amidine groups is 1. The third-order valence-corrected chi connectivity index (χ3v) is 7.26. The molecule has 3 aliphatic rings. The highest BCUT2D eigenvalue weighted by atomic mass is 32.2. The minimum absolute atomic E-state index is 0.0540. The number of aliphatic imine (C=N–C) groups is 1. The van der Waals surface area contributed by atoms with Gasteiger partial charge in [0.05, 0.1) is 50.7 Å². The molecule has 0 spiro atoms. The van der Waals surface area contributed by atoms with Gasteiger partial charge in [0, 0.05) is 37.6 Å². The highest BCUT2D eigenvalue weighted by Gasteiger charge is 2.42. The van der Waals surface area contributed by atoms with Gasteiger partial charge >= 0.3 is 5.97 Å². The topological polar surface area (TPSA) is 108 Å². The van der Waals surface area contributed by atoms with Gasteiger partial charge in [0.25, 0.3) is 0 Å². The fourth-order valence-corrected chi connectivity index (χ4v) is 5.49. The maximum absolute atomic E-state index is 13.3. The van der Waals surface area contributed by atoms with Crippen LogP contribution in [0.5, 0.6) is 11.5 Å². The zero-order valence-corrected chi connectivity index (χ0v) is 22.4. The van der Waals surface area contributed by atoms with E-state index in [1.165, 1.54) is 11.8 Å². The molecule has 1 fully saturated rings. The van der Waals surface area contributed by atoms with Gasteiger partial charge in [-0.25, -0.2) is 9.79 Å². The van der Waals surface area contributed by atoms with Crippen molar-refractivity contribution in [2.24, 2.45) is 4.99 Å². The van der Waals surface area contributed by atoms with Gasteiger partial charge in [0.1, 0.15) is 18.1 Å². The van der Waals surface area contributed by atoms with Crippen molar-refractivity contribution in [1.29, 1.82) is 0 Å². The number of nitrogens with one attached hydrogen (secondary N) is 1. The minimum atomic E-state index is -0.615. The molecule has 1 aromatic carbocycles. The first-order valence-electron chi connectivity index (χ1n) is 12.2. The van der Waals surface area contributed by atoms with E-state index in [2.05, 4.69) is 5.32 Å². The Kier molecular flexibility index (Phi) is 9.12. The molecule has 2 atom stereocenters. The maximum atomic E-state index is 13.3. The molecule has 0 aliphatic carbocycles. The van der Waals surface area contributed by atoms with Gasteiger partial charge in [0.15, 0.2) is 5.17 Å². The van der Waals surface area contributed by atoms with Crippen molar-refractivity contribution in [2.45, 2.75) is 38.3 Å². The number of rotatable bonds is 11. The van der Waals surface area contributed by atoms with E-state index in [0.29, 0.717) is 34.5 Å². The molecule has 37 heavy (non-hydrogen) atoms. The zero-order valence-electron chi connectivity index (χ0n) is 21.6. The molecule has 4 rings (SSSR count). The van der Waals surface area contributed by atoms with E-state index in [-0.39, 0.29) is 31.6 Å². The predicted octanol–water partition coefficient (Wildman–Crippen LogP) is 3.15. The fourth-order valence-electron chi connectivity index (χ4n) is 4.52. The lowest BCUT2D eigenvalue weighted by atomic mass is 9.93. The lowest BCUT2D eigenvalue weighted by molar-refractivity contribution is -0.141. The Morgan fingerprint density at radius 3 is 2.76 bits per heavy atom. The Bertz CT molecular complexity index is 1110. The number of hydrogen-bond acceptors (Lipinski definition) is 10. The molecule has 1 amide bonds. The number of fused-ring (bicyclic) bond motifs is 1. The summed E-state index contributed by atoms with van der Waals surface area (Å²) in [5, 5.41) is 5.56. The smallest absolute Gasteiger partial charge is 0.338 e. The van der Waals surface area contributed by atoms with Crippen LogP contribution in [-0.4, -0.2) is 75.7 Å². The molecule has 10 nitrogen and oxygen atoms in total. The monoisotopic (exact) mass is 531 g/mol. The molecule has 1 aromatic rings. The van der Waals surface area contributed by atoms with Crippen LogP contribution in [0.4, 0.5) is 0 Å². The largest absolute Gasteiger partial charge is 0.497 e. The van der Waals surface area contributed by atoms with E-state index >= 15 is 0 Å². The van der Waals surface area contributed by atoms with Gasteiger partial charge in [-0.3, -0.25) is 4.79 Å². The van der Waals surface area contributed by atoms with Gasteiger partial charge in [-0.05, 0) is 37.3 Å². The molecule has 0 aromatic heterocycles. The molecule has 1 N–H and O–H groups in total. The number of allylic oxidation sites excluding steroid dienone is 1. The fraction of sp³-hybridized carbons (Fsp3) is 0.500. The number of hydrogen-bond donors (Lipinski definition) is 1. The third kappa shape index (κ3) is 6.11. The zero-order chi connectivity index (χ0) is 26.4. The van der Waals surface area contributed by atoms with Crippen LogP contribution in [0, 0.1) is 0 Å². The summed E-state index contributed by atoms with van der Waals surface area (Å²) in [6.07, 6.45) is 2.13. The van der Waals surface area contributed by atoms with E-state index in [9.17, 15) is 9.59 Å². The minimum Gasteiger partial charge on any atom is -0.497 e. The molecule has 1 saturated heterocycles. The average molecular weight is 532 g/mol. The number of ether oxygens (including phenoxy) is 5. The van der Waals surface area contributed by atoms with E-state index in [1.54, 1.807) is 34.3 Å². The van der Waals surface area contributed by atoms with Crippen LogP contribution in [0.1, 0.15) is 37.8 Å². The van der Waals surface area contributed by atoms with Crippen molar-refractivity contribution in [2.75, 3.05) is 47.7 Å². The van der Waals surface area contributed by atoms with Crippen LogP contribution in [0.15, 0.2) is 45.6 Å². The Morgan fingerprint density at radius 2 is 2.05 bits per heavy atom. The van der Waals surface area contributed by atoms with Gasteiger partial charge in [-0.1, -0.05) is 11.8 Å². The molecular formula is C26H33N3O7S. The SMILES string of the molecule is COCCOC(=O)C1=C(C)N=C2SC=C(CC(=O)NC[C@@H]3CCCO3)N2[C@@H]1c1ccc(OC)cc1OC. The standard InChI is InChI=1S/C26H33N3O7S/c1-16-23(25(31)36-11-10-32-2)24(20-8-7-18(33-3)13-21(20)34-4)29-17(15-37-26(29)28-16)12-22(30)27-14-19-6-5-9-35-19/h7-8,13,15,19,24H,5-6,9-12,14H2,1-4H3,(H,27,30)/t19-,24+/m0/s1. The highest BCUT2D eigenvalue weighted by molar-refractivity contribution is 8.16. The van der Waals surface area contributed by atoms with Gasteiger partial charge in [0.2, 0.25) is 5.91 Å². The van der Waals surface area contributed by atoms with Crippen LogP contribution >= 0.6 is 11.8 Å². The van der Waals surface area contributed by atoms with Crippen molar-refractivity contribution in [3.8, 4) is 11.5 Å². The number of carbonyl (C=O) groups is 2. The normalized spacial score (nSPS) is 20.8. The molecule has 0 radical (unpaired) electrons. The molecule has 0 unspecified atom stereocenters. The molecule has 3 aliphatic heterocycles. The average Bonchev–Trinajstić information content (AvgIpc) is 3.56. The van der Waals surface area contributed by atoms with Crippen molar-refractivity contribution >= 4 is 28.8 Å².